The minimum Gasteiger partial charge on any atom is -0.451 e. The Morgan fingerprint density at radius 2 is 2.07 bits per heavy atom. The van der Waals surface area contributed by atoms with Crippen molar-refractivity contribution in [2.75, 3.05) is 6.61 Å². The molecule has 0 amide bonds. The number of carbonyl (C=O) groups is 2. The largest absolute Gasteiger partial charge is 0.451 e. The maximum atomic E-state index is 12.6. The third-order valence-corrected chi connectivity index (χ3v) is 5.35. The maximum Gasteiger partial charge on any atom is 0.374 e. The summed E-state index contributed by atoms with van der Waals surface area (Å²) in [4.78, 5) is 29.1. The smallest absolute Gasteiger partial charge is 0.374 e. The van der Waals surface area contributed by atoms with Crippen LogP contribution < -0.4 is 0 Å². The molecule has 0 radical (unpaired) electrons. The quantitative estimate of drug-likeness (QED) is 0.339. The highest BCUT2D eigenvalue weighted by Gasteiger charge is 2.20. The number of carbonyl (C=O) groups excluding carboxylic acids is 2. The fourth-order valence-electron chi connectivity index (χ4n) is 3.06. The Labute approximate surface area is 169 Å². The van der Waals surface area contributed by atoms with Gasteiger partial charge in [-0.25, -0.2) is 9.78 Å². The molecule has 4 aromatic rings. The van der Waals surface area contributed by atoms with Crippen LogP contribution in [0.1, 0.15) is 32.3 Å². The zero-order chi connectivity index (χ0) is 19.8. The minimum absolute atomic E-state index is 0.0262. The molecular weight excluding hydrogens is 400 g/mol. The first-order valence-electron chi connectivity index (χ1n) is 8.42. The fourth-order valence-corrected chi connectivity index (χ4v) is 3.99. The number of esters is 1. The highest BCUT2D eigenvalue weighted by Crippen LogP contribution is 2.24. The van der Waals surface area contributed by atoms with E-state index in [9.17, 15) is 9.59 Å². The van der Waals surface area contributed by atoms with Gasteiger partial charge in [-0.15, -0.1) is 11.3 Å². The Morgan fingerprint density at radius 3 is 2.82 bits per heavy atom. The second kappa shape index (κ2) is 7.26. The number of halogens is 1. The summed E-state index contributed by atoms with van der Waals surface area (Å²) in [5, 5.41) is 3.89. The first-order valence-corrected chi connectivity index (χ1v) is 9.68. The maximum absolute atomic E-state index is 12.6. The first kappa shape index (κ1) is 18.5. The van der Waals surface area contributed by atoms with Crippen LogP contribution in [0.25, 0.3) is 16.1 Å². The van der Waals surface area contributed by atoms with Crippen molar-refractivity contribution >= 4 is 45.7 Å². The molecule has 0 unspecified atom stereocenters. The van der Waals surface area contributed by atoms with Crippen molar-refractivity contribution in [1.29, 1.82) is 0 Å². The molecule has 0 fully saturated rings. The highest BCUT2D eigenvalue weighted by atomic mass is 35.5. The van der Waals surface area contributed by atoms with Crippen molar-refractivity contribution in [3.63, 3.8) is 0 Å². The second-order valence-electron chi connectivity index (χ2n) is 6.23. The Balaban J connectivity index is 1.49. The molecule has 0 N–H and O–H groups in total. The predicted octanol–water partition coefficient (Wildman–Crippen LogP) is 4.99. The van der Waals surface area contributed by atoms with Crippen LogP contribution in [-0.2, 0) is 4.74 Å². The number of Topliss-reactive ketones (excluding diaryl/α,β-unsaturated/α-hetero) is 1. The van der Waals surface area contributed by atoms with Crippen LogP contribution in [0.5, 0.6) is 0 Å². The third-order valence-electron chi connectivity index (χ3n) is 4.36. The summed E-state index contributed by atoms with van der Waals surface area (Å²) in [5.41, 5.74) is 2.66. The molecule has 3 heterocycles. The Hall–Kier alpha value is -2.90. The van der Waals surface area contributed by atoms with E-state index < -0.39 is 5.97 Å². The number of nitrogens with zero attached hydrogens (tertiary/aromatic N) is 2. The molecule has 8 heteroatoms. The lowest BCUT2D eigenvalue weighted by atomic mass is 10.1. The molecule has 142 valence electrons. The van der Waals surface area contributed by atoms with Crippen LogP contribution in [0.2, 0.25) is 5.02 Å². The lowest BCUT2D eigenvalue weighted by Gasteiger charge is -2.05. The number of hydrogen-bond donors (Lipinski definition) is 0. The third kappa shape index (κ3) is 3.34. The van der Waals surface area contributed by atoms with Crippen LogP contribution in [0.3, 0.4) is 0 Å². The molecule has 0 aliphatic heterocycles. The summed E-state index contributed by atoms with van der Waals surface area (Å²) in [5.74, 6) is -0.962. The summed E-state index contributed by atoms with van der Waals surface area (Å²) in [7, 11) is 0. The number of fused-ring (bicyclic) bond motifs is 1. The predicted molar refractivity (Wildman–Crippen MR) is 107 cm³/mol. The zero-order valence-corrected chi connectivity index (χ0v) is 16.6. The summed E-state index contributed by atoms with van der Waals surface area (Å²) in [6.45, 7) is 3.36. The molecule has 0 aliphatic rings. The van der Waals surface area contributed by atoms with E-state index in [1.807, 2.05) is 23.8 Å². The van der Waals surface area contributed by atoms with E-state index >= 15 is 0 Å². The molecule has 0 spiro atoms. The van der Waals surface area contributed by atoms with Crippen LogP contribution >= 0.6 is 22.9 Å². The van der Waals surface area contributed by atoms with Gasteiger partial charge in [0.2, 0.25) is 11.5 Å². The molecule has 28 heavy (non-hydrogen) atoms. The van der Waals surface area contributed by atoms with E-state index in [0.717, 1.165) is 16.5 Å². The van der Waals surface area contributed by atoms with Crippen LogP contribution in [0.4, 0.5) is 0 Å². The number of aryl methyl sites for hydroxylation is 1. The summed E-state index contributed by atoms with van der Waals surface area (Å²) in [6, 6.07) is 8.35. The molecule has 0 aliphatic carbocycles. The van der Waals surface area contributed by atoms with E-state index in [0.29, 0.717) is 21.6 Å². The van der Waals surface area contributed by atoms with Crippen LogP contribution in [0, 0.1) is 13.8 Å². The molecule has 0 saturated heterocycles. The molecule has 6 nitrogen and oxygen atoms in total. The normalized spacial score (nSPS) is 11.1. The number of furan rings is 1. The van der Waals surface area contributed by atoms with Gasteiger partial charge in [-0.1, -0.05) is 11.6 Å². The number of aromatic nitrogens is 2. The standard InChI is InChI=1S/C20H15ClN2O4S/c1-11-7-15(12(2)23(11)20-22-5-6-28-20)16(24)10-26-19(25)18-9-13-8-14(21)3-4-17(13)27-18/h3-9H,10H2,1-2H3. The van der Waals surface area contributed by atoms with Crippen molar-refractivity contribution in [2.24, 2.45) is 0 Å². The van der Waals surface area contributed by atoms with Crippen molar-refractivity contribution in [3.05, 3.63) is 69.6 Å². The molecule has 1 aromatic carbocycles. The molecule has 0 bridgehead atoms. The number of ketones is 1. The van der Waals surface area contributed by atoms with Gasteiger partial charge in [0.05, 0.1) is 0 Å². The number of thiazole rings is 1. The lowest BCUT2D eigenvalue weighted by Crippen LogP contribution is -2.14. The fraction of sp³-hybridized carbons (Fsp3) is 0.150. The van der Waals surface area contributed by atoms with Crippen molar-refractivity contribution in [3.8, 4) is 5.13 Å². The SMILES string of the molecule is Cc1cc(C(=O)COC(=O)c2cc3cc(Cl)ccc3o2)c(C)n1-c1nccs1. The number of rotatable bonds is 5. The van der Waals surface area contributed by atoms with Gasteiger partial charge in [-0.05, 0) is 44.2 Å². The van der Waals surface area contributed by atoms with Crippen LogP contribution in [-0.4, -0.2) is 27.9 Å². The molecule has 0 saturated carbocycles. The zero-order valence-electron chi connectivity index (χ0n) is 15.1. The molecule has 0 atom stereocenters. The van der Waals surface area contributed by atoms with Gasteiger partial charge in [-0.2, -0.15) is 0 Å². The molecule has 4 rings (SSSR count). The second-order valence-corrected chi connectivity index (χ2v) is 7.54. The van der Waals surface area contributed by atoms with Crippen molar-refractivity contribution < 1.29 is 18.7 Å². The molecular formula is C20H15ClN2O4S. The Bertz CT molecular complexity index is 1190. The van der Waals surface area contributed by atoms with Gasteiger partial charge in [0.15, 0.2) is 11.7 Å². The Morgan fingerprint density at radius 1 is 1.25 bits per heavy atom. The van der Waals surface area contributed by atoms with E-state index in [1.54, 1.807) is 36.5 Å². The van der Waals surface area contributed by atoms with Gasteiger partial charge < -0.3 is 9.15 Å². The average molecular weight is 415 g/mol. The number of ether oxygens (including phenoxy) is 1. The monoisotopic (exact) mass is 414 g/mol. The Kier molecular flexibility index (Phi) is 4.78. The van der Waals surface area contributed by atoms with Crippen LogP contribution in [0.15, 0.2) is 46.3 Å². The van der Waals surface area contributed by atoms with Gasteiger partial charge in [0.1, 0.15) is 5.58 Å². The minimum atomic E-state index is -0.700. The van der Waals surface area contributed by atoms with E-state index in [4.69, 9.17) is 20.8 Å². The summed E-state index contributed by atoms with van der Waals surface area (Å²) < 4.78 is 12.5. The van der Waals surface area contributed by atoms with Gasteiger partial charge in [0.25, 0.3) is 0 Å². The number of benzene rings is 1. The first-order chi connectivity index (χ1) is 13.4. The van der Waals surface area contributed by atoms with Crippen molar-refractivity contribution in [2.45, 2.75) is 13.8 Å². The van der Waals surface area contributed by atoms with E-state index in [1.165, 1.54) is 11.3 Å². The average Bonchev–Trinajstić information content (AvgIpc) is 3.38. The molecule has 3 aromatic heterocycles. The number of hydrogen-bond acceptors (Lipinski definition) is 6. The van der Waals surface area contributed by atoms with Gasteiger partial charge in [-0.3, -0.25) is 9.36 Å². The van der Waals surface area contributed by atoms with Gasteiger partial charge >= 0.3 is 5.97 Å². The van der Waals surface area contributed by atoms with Gasteiger partial charge in [0, 0.05) is 38.9 Å². The van der Waals surface area contributed by atoms with E-state index in [-0.39, 0.29) is 18.2 Å². The van der Waals surface area contributed by atoms with E-state index in [2.05, 4.69) is 4.98 Å². The lowest BCUT2D eigenvalue weighted by molar-refractivity contribution is 0.0446. The van der Waals surface area contributed by atoms with Crippen molar-refractivity contribution in [1.82, 2.24) is 9.55 Å². The summed E-state index contributed by atoms with van der Waals surface area (Å²) in [6.07, 6.45) is 1.71. The topological polar surface area (TPSA) is 74.3 Å². The summed E-state index contributed by atoms with van der Waals surface area (Å²) >= 11 is 7.42. The highest BCUT2D eigenvalue weighted by molar-refractivity contribution is 7.12.